The van der Waals surface area contributed by atoms with Crippen LogP contribution in [-0.2, 0) is 35.8 Å². The van der Waals surface area contributed by atoms with Gasteiger partial charge in [-0.1, -0.05) is 10.3 Å². The molecule has 0 aromatic rings. The summed E-state index contributed by atoms with van der Waals surface area (Å²) in [6.45, 7) is 2.39. The molecule has 0 bridgehead atoms. The van der Waals surface area contributed by atoms with Gasteiger partial charge in [0.15, 0.2) is 11.4 Å². The van der Waals surface area contributed by atoms with Crippen molar-refractivity contribution in [3.8, 4) is 0 Å². The van der Waals surface area contributed by atoms with Crippen molar-refractivity contribution in [3.63, 3.8) is 0 Å². The Balaban J connectivity index is -0.000000180. The number of oxime groups is 2. The summed E-state index contributed by atoms with van der Waals surface area (Å²) in [5, 5.41) is 36.0. The summed E-state index contributed by atoms with van der Waals surface area (Å²) < 4.78 is 0. The second-order valence-electron chi connectivity index (χ2n) is 1.98. The van der Waals surface area contributed by atoms with Gasteiger partial charge in [0.05, 0.1) is 0 Å². The molecule has 0 aromatic heterocycles. The zero-order valence-electron chi connectivity index (χ0n) is 8.00. The van der Waals surface area contributed by atoms with Crippen LogP contribution in [0.25, 0.3) is 0 Å². The third-order valence-corrected chi connectivity index (χ3v) is 0.919. The van der Waals surface area contributed by atoms with E-state index in [1.54, 1.807) is 0 Å². The molecule has 0 radical (unpaired) electrons. The molecule has 0 aliphatic rings. The van der Waals surface area contributed by atoms with Gasteiger partial charge in [0, 0.05) is 26.2 Å². The second-order valence-corrected chi connectivity index (χ2v) is 1.98. The van der Waals surface area contributed by atoms with Crippen molar-refractivity contribution in [1.82, 2.24) is 0 Å². The zero-order chi connectivity index (χ0) is 11.7. The predicted octanol–water partition coefficient (Wildman–Crippen LogP) is -0.160. The van der Waals surface area contributed by atoms with Gasteiger partial charge in [-0.3, -0.25) is 0 Å². The first-order valence-corrected chi connectivity index (χ1v) is 3.20. The van der Waals surface area contributed by atoms with Crippen molar-refractivity contribution in [3.05, 3.63) is 0 Å². The molecule has 0 aromatic carbocycles. The van der Waals surface area contributed by atoms with Crippen molar-refractivity contribution in [2.24, 2.45) is 10.3 Å². The van der Waals surface area contributed by atoms with Gasteiger partial charge in [0.1, 0.15) is 0 Å². The van der Waals surface area contributed by atoms with Crippen LogP contribution in [0.15, 0.2) is 10.3 Å². The number of carboxylic acids is 2. The Labute approximate surface area is 104 Å². The number of carboxylic acid groups (broad SMARTS) is 2. The molecule has 0 aliphatic heterocycles. The summed E-state index contributed by atoms with van der Waals surface area (Å²) in [6.07, 6.45) is 0. The minimum Gasteiger partial charge on any atom is -0.477 e. The van der Waals surface area contributed by atoms with Gasteiger partial charge in [-0.25, -0.2) is 9.59 Å². The molecule has 0 spiro atoms. The Bertz CT molecular complexity index is 247. The summed E-state index contributed by atoms with van der Waals surface area (Å²) in [6, 6.07) is 0. The molecule has 0 unspecified atom stereocenters. The minimum absolute atomic E-state index is 0. The van der Waals surface area contributed by atoms with Gasteiger partial charge in [0.2, 0.25) is 0 Å². The first-order valence-electron chi connectivity index (χ1n) is 3.20. The topological polar surface area (TPSA) is 140 Å². The van der Waals surface area contributed by atoms with Crippen LogP contribution in [0.3, 0.4) is 0 Å². The molecule has 0 rings (SSSR count). The molecular formula is C6H10N2O6Zr. The van der Waals surface area contributed by atoms with E-state index in [9.17, 15) is 9.59 Å². The molecule has 0 aliphatic carbocycles. The van der Waals surface area contributed by atoms with Crippen LogP contribution in [0.4, 0.5) is 0 Å². The molecule has 0 saturated carbocycles. The van der Waals surface area contributed by atoms with Gasteiger partial charge in [0.25, 0.3) is 0 Å². The van der Waals surface area contributed by atoms with Gasteiger partial charge in [-0.2, -0.15) is 0 Å². The average molecular weight is 297 g/mol. The molecule has 8 nitrogen and oxygen atoms in total. The minimum atomic E-state index is -1.21. The Morgan fingerprint density at radius 1 is 0.867 bits per heavy atom. The number of carbonyl (C=O) groups is 2. The maximum absolute atomic E-state index is 9.64. The number of rotatable bonds is 2. The second kappa shape index (κ2) is 10.8. The van der Waals surface area contributed by atoms with Crippen LogP contribution >= 0.6 is 0 Å². The van der Waals surface area contributed by atoms with Gasteiger partial charge in [-0.15, -0.1) is 0 Å². The molecular weight excluding hydrogens is 287 g/mol. The Hall–Kier alpha value is -1.24. The Kier molecular flexibility index (Phi) is 14.0. The maximum Gasteiger partial charge on any atom is 0.353 e. The van der Waals surface area contributed by atoms with E-state index in [1.165, 1.54) is 13.8 Å². The van der Waals surface area contributed by atoms with Crippen LogP contribution in [-0.4, -0.2) is 44.0 Å². The number of hydrogen-bond acceptors (Lipinski definition) is 6. The SMILES string of the molecule is CC(=NO)C(=O)O.CC(=NO)C(=O)O.[Zr]. The summed E-state index contributed by atoms with van der Waals surface area (Å²) in [4.78, 5) is 19.3. The molecule has 84 valence electrons. The first-order chi connectivity index (χ1) is 6.36. The van der Waals surface area contributed by atoms with Gasteiger partial charge in [-0.05, 0) is 13.8 Å². The van der Waals surface area contributed by atoms with E-state index in [2.05, 4.69) is 10.3 Å². The van der Waals surface area contributed by atoms with Crippen LogP contribution < -0.4 is 0 Å². The molecule has 0 amide bonds. The summed E-state index contributed by atoms with van der Waals surface area (Å²) in [5.74, 6) is -2.41. The van der Waals surface area contributed by atoms with Crippen molar-refractivity contribution in [2.75, 3.05) is 0 Å². The summed E-state index contributed by atoms with van der Waals surface area (Å²) in [7, 11) is 0. The van der Waals surface area contributed by atoms with Crippen molar-refractivity contribution < 1.29 is 56.4 Å². The van der Waals surface area contributed by atoms with Crippen molar-refractivity contribution in [2.45, 2.75) is 13.8 Å². The van der Waals surface area contributed by atoms with Crippen LogP contribution in [0.5, 0.6) is 0 Å². The molecule has 0 fully saturated rings. The van der Waals surface area contributed by atoms with E-state index < -0.39 is 11.9 Å². The standard InChI is InChI=1S/2C3H5NO3.Zr/c2*1-2(4-7)3(5)6;/h2*7H,1H3,(H,5,6);. The third kappa shape index (κ3) is 12.8. The van der Waals surface area contributed by atoms with Crippen LogP contribution in [0.1, 0.15) is 13.8 Å². The van der Waals surface area contributed by atoms with Gasteiger partial charge < -0.3 is 20.6 Å². The third-order valence-electron chi connectivity index (χ3n) is 0.919. The molecule has 0 saturated heterocycles. The monoisotopic (exact) mass is 296 g/mol. The summed E-state index contributed by atoms with van der Waals surface area (Å²) in [5.41, 5.74) is -0.611. The fourth-order valence-corrected chi connectivity index (χ4v) is 0.0855. The average Bonchev–Trinajstić information content (AvgIpc) is 2.15. The quantitative estimate of drug-likeness (QED) is 0.317. The first kappa shape index (κ1) is 19.4. The Morgan fingerprint density at radius 2 is 1.07 bits per heavy atom. The van der Waals surface area contributed by atoms with E-state index >= 15 is 0 Å². The predicted molar refractivity (Wildman–Crippen MR) is 45.1 cm³/mol. The Morgan fingerprint density at radius 3 is 1.07 bits per heavy atom. The largest absolute Gasteiger partial charge is 0.477 e. The smallest absolute Gasteiger partial charge is 0.353 e. The normalized spacial score (nSPS) is 10.5. The number of nitrogens with zero attached hydrogens (tertiary/aromatic N) is 2. The molecule has 0 atom stereocenters. The fraction of sp³-hybridized carbons (Fsp3) is 0.333. The van der Waals surface area contributed by atoms with E-state index in [4.69, 9.17) is 20.6 Å². The number of aliphatic carboxylic acids is 2. The zero-order valence-corrected chi connectivity index (χ0v) is 10.5. The van der Waals surface area contributed by atoms with E-state index in [0.29, 0.717) is 0 Å². The molecule has 4 N–H and O–H groups in total. The molecule has 15 heavy (non-hydrogen) atoms. The summed E-state index contributed by atoms with van der Waals surface area (Å²) >= 11 is 0. The van der Waals surface area contributed by atoms with Crippen LogP contribution in [0, 0.1) is 0 Å². The van der Waals surface area contributed by atoms with Crippen molar-refractivity contribution in [1.29, 1.82) is 0 Å². The van der Waals surface area contributed by atoms with Crippen molar-refractivity contribution >= 4 is 23.4 Å². The van der Waals surface area contributed by atoms with Crippen LogP contribution in [0.2, 0.25) is 0 Å². The number of hydrogen-bond donors (Lipinski definition) is 4. The maximum atomic E-state index is 9.64. The molecule has 0 heterocycles. The van der Waals surface area contributed by atoms with E-state index in [0.717, 1.165) is 0 Å². The van der Waals surface area contributed by atoms with E-state index in [-0.39, 0.29) is 37.6 Å². The molecule has 9 heteroatoms. The van der Waals surface area contributed by atoms with E-state index in [1.807, 2.05) is 0 Å². The fourth-order valence-electron chi connectivity index (χ4n) is 0.0855. The van der Waals surface area contributed by atoms with Gasteiger partial charge >= 0.3 is 11.9 Å².